The summed E-state index contributed by atoms with van der Waals surface area (Å²) in [5.74, 6) is 0. The second-order valence-electron chi connectivity index (χ2n) is 6.19. The van der Waals surface area contributed by atoms with Crippen LogP contribution in [-0.2, 0) is 4.74 Å². The average Bonchev–Trinajstić information content (AvgIpc) is 3.17. The highest BCUT2D eigenvalue weighted by Crippen LogP contribution is 2.33. The Morgan fingerprint density at radius 2 is 1.54 bits per heavy atom. The summed E-state index contributed by atoms with van der Waals surface area (Å²) in [6.45, 7) is 0.539. The number of aromatic nitrogens is 2. The van der Waals surface area contributed by atoms with Gasteiger partial charge in [0, 0.05) is 12.5 Å². The van der Waals surface area contributed by atoms with Gasteiger partial charge in [-0.05, 0) is 40.0 Å². The maximum Gasteiger partial charge on any atom is 0.0725 e. The number of rotatable bonds is 5. The molecule has 0 aliphatic heterocycles. The number of ether oxygens (including phenoxy) is 1. The van der Waals surface area contributed by atoms with Crippen molar-refractivity contribution in [1.29, 1.82) is 0 Å². The van der Waals surface area contributed by atoms with Crippen LogP contribution >= 0.6 is 0 Å². The predicted molar refractivity (Wildman–Crippen MR) is 107 cm³/mol. The molecule has 0 saturated heterocycles. The molecule has 3 heteroatoms. The van der Waals surface area contributed by atoms with E-state index in [2.05, 4.69) is 76.9 Å². The number of hydrogen-bond donors (Lipinski definition) is 1. The summed E-state index contributed by atoms with van der Waals surface area (Å²) >= 11 is 0. The lowest BCUT2D eigenvalue weighted by atomic mass is 9.89. The number of hydrogen-bond acceptors (Lipinski definition) is 2. The zero-order valence-corrected chi connectivity index (χ0v) is 14.6. The molecule has 26 heavy (non-hydrogen) atoms. The lowest BCUT2D eigenvalue weighted by molar-refractivity contribution is 0.240. The number of nitrogens with one attached hydrogen (secondary N) is 1. The van der Waals surface area contributed by atoms with Crippen molar-refractivity contribution in [3.8, 4) is 0 Å². The molecule has 4 rings (SSSR count). The first-order valence-corrected chi connectivity index (χ1v) is 8.63. The Labute approximate surface area is 153 Å². The third kappa shape index (κ3) is 3.17. The third-order valence-electron chi connectivity index (χ3n) is 4.50. The van der Waals surface area contributed by atoms with E-state index < -0.39 is 0 Å². The van der Waals surface area contributed by atoms with E-state index in [0.29, 0.717) is 6.61 Å². The van der Waals surface area contributed by atoms with Crippen molar-refractivity contribution < 1.29 is 4.74 Å². The summed E-state index contributed by atoms with van der Waals surface area (Å²) in [6, 6.07) is 27.3. The molecule has 0 radical (unpaired) electrons. The molecule has 0 saturated carbocycles. The fourth-order valence-electron chi connectivity index (χ4n) is 3.30. The molecule has 3 nitrogen and oxygen atoms in total. The minimum Gasteiger partial charge on any atom is -0.380 e. The highest BCUT2D eigenvalue weighted by atomic mass is 16.5. The molecule has 0 amide bonds. The quantitative estimate of drug-likeness (QED) is 0.509. The van der Waals surface area contributed by atoms with Gasteiger partial charge in [0.25, 0.3) is 0 Å². The van der Waals surface area contributed by atoms with Gasteiger partial charge >= 0.3 is 0 Å². The normalized spacial score (nSPS) is 12.2. The van der Waals surface area contributed by atoms with E-state index in [0.717, 1.165) is 16.5 Å². The standard InChI is InChI=1S/C23H20N2O/c1-26-16-21(17-8-4-2-5-9-17)23(18-10-6-3-7-11-18)19-12-13-22-20(14-19)15-24-25-22/h2-15H,16H2,1H3,(H,24,25)/b23-21+. The second-order valence-corrected chi connectivity index (χ2v) is 6.19. The Hall–Kier alpha value is -3.17. The fraction of sp³-hybridized carbons (Fsp3) is 0.0870. The van der Waals surface area contributed by atoms with Gasteiger partial charge in [0.2, 0.25) is 0 Å². The molecule has 1 aromatic heterocycles. The molecule has 0 atom stereocenters. The van der Waals surface area contributed by atoms with Gasteiger partial charge in [-0.25, -0.2) is 0 Å². The number of fused-ring (bicyclic) bond motifs is 1. The molecule has 0 aliphatic rings. The van der Waals surface area contributed by atoms with Gasteiger partial charge in [-0.3, -0.25) is 5.10 Å². The van der Waals surface area contributed by atoms with Crippen LogP contribution in [0, 0.1) is 0 Å². The van der Waals surface area contributed by atoms with Crippen LogP contribution in [0.15, 0.2) is 85.1 Å². The molecular formula is C23H20N2O. The van der Waals surface area contributed by atoms with Crippen molar-refractivity contribution in [2.75, 3.05) is 13.7 Å². The summed E-state index contributed by atoms with van der Waals surface area (Å²) in [5.41, 5.74) is 6.88. The monoisotopic (exact) mass is 340 g/mol. The highest BCUT2D eigenvalue weighted by Gasteiger charge is 2.14. The number of benzene rings is 3. The van der Waals surface area contributed by atoms with Crippen molar-refractivity contribution in [1.82, 2.24) is 10.2 Å². The van der Waals surface area contributed by atoms with E-state index >= 15 is 0 Å². The Balaban J connectivity index is 2.00. The molecule has 0 unspecified atom stereocenters. The zero-order chi connectivity index (χ0) is 17.8. The first kappa shape index (κ1) is 16.3. The Morgan fingerprint density at radius 3 is 2.23 bits per heavy atom. The van der Waals surface area contributed by atoms with Crippen LogP contribution in [-0.4, -0.2) is 23.9 Å². The van der Waals surface area contributed by atoms with Crippen LogP contribution in [0.25, 0.3) is 22.0 Å². The number of methoxy groups -OCH3 is 1. The van der Waals surface area contributed by atoms with Gasteiger partial charge in [0.1, 0.15) is 0 Å². The minimum absolute atomic E-state index is 0.539. The van der Waals surface area contributed by atoms with E-state index in [1.165, 1.54) is 22.3 Å². The minimum atomic E-state index is 0.539. The lowest BCUT2D eigenvalue weighted by Crippen LogP contribution is -2.01. The molecule has 0 aliphatic carbocycles. The van der Waals surface area contributed by atoms with Gasteiger partial charge in [0.05, 0.1) is 18.3 Å². The van der Waals surface area contributed by atoms with E-state index in [9.17, 15) is 0 Å². The topological polar surface area (TPSA) is 37.9 Å². The number of nitrogens with zero attached hydrogens (tertiary/aromatic N) is 1. The zero-order valence-electron chi connectivity index (χ0n) is 14.6. The Bertz CT molecular complexity index is 1030. The summed E-state index contributed by atoms with van der Waals surface area (Å²) < 4.78 is 5.58. The van der Waals surface area contributed by atoms with Crippen molar-refractivity contribution in [2.24, 2.45) is 0 Å². The summed E-state index contributed by atoms with van der Waals surface area (Å²) in [4.78, 5) is 0. The van der Waals surface area contributed by atoms with Crippen LogP contribution in [0.2, 0.25) is 0 Å². The van der Waals surface area contributed by atoms with E-state index in [-0.39, 0.29) is 0 Å². The fourth-order valence-corrected chi connectivity index (χ4v) is 3.30. The largest absolute Gasteiger partial charge is 0.380 e. The molecule has 3 aromatic carbocycles. The molecule has 128 valence electrons. The highest BCUT2D eigenvalue weighted by molar-refractivity contribution is 6.00. The Morgan fingerprint density at radius 1 is 0.846 bits per heavy atom. The maximum atomic E-state index is 5.58. The van der Waals surface area contributed by atoms with Crippen LogP contribution < -0.4 is 0 Å². The van der Waals surface area contributed by atoms with Crippen molar-refractivity contribution in [3.63, 3.8) is 0 Å². The van der Waals surface area contributed by atoms with E-state index in [4.69, 9.17) is 4.74 Å². The van der Waals surface area contributed by atoms with Gasteiger partial charge in [-0.2, -0.15) is 5.10 Å². The van der Waals surface area contributed by atoms with E-state index in [1.54, 1.807) is 7.11 Å². The van der Waals surface area contributed by atoms with Crippen LogP contribution in [0.3, 0.4) is 0 Å². The van der Waals surface area contributed by atoms with Crippen molar-refractivity contribution in [2.45, 2.75) is 0 Å². The number of H-pyrrole nitrogens is 1. The molecule has 4 aromatic rings. The SMILES string of the molecule is COC/C(=C(/c1ccccc1)c1ccc2[nH]ncc2c1)c1ccccc1. The predicted octanol–water partition coefficient (Wildman–Crippen LogP) is 5.17. The van der Waals surface area contributed by atoms with Crippen LogP contribution in [0.4, 0.5) is 0 Å². The average molecular weight is 340 g/mol. The van der Waals surface area contributed by atoms with Crippen molar-refractivity contribution in [3.05, 3.63) is 102 Å². The first-order valence-electron chi connectivity index (χ1n) is 8.63. The summed E-state index contributed by atoms with van der Waals surface area (Å²) in [7, 11) is 1.74. The molecule has 0 fully saturated rings. The lowest BCUT2D eigenvalue weighted by Gasteiger charge is -2.17. The molecule has 1 N–H and O–H groups in total. The number of aromatic amines is 1. The van der Waals surface area contributed by atoms with Crippen LogP contribution in [0.5, 0.6) is 0 Å². The summed E-state index contributed by atoms with van der Waals surface area (Å²) in [5, 5.41) is 8.27. The molecule has 0 bridgehead atoms. The van der Waals surface area contributed by atoms with Gasteiger partial charge in [0.15, 0.2) is 0 Å². The van der Waals surface area contributed by atoms with Gasteiger partial charge in [-0.15, -0.1) is 0 Å². The van der Waals surface area contributed by atoms with Crippen LogP contribution in [0.1, 0.15) is 16.7 Å². The van der Waals surface area contributed by atoms with Gasteiger partial charge < -0.3 is 4.74 Å². The third-order valence-corrected chi connectivity index (χ3v) is 4.50. The molecular weight excluding hydrogens is 320 g/mol. The first-order chi connectivity index (χ1) is 12.9. The molecule has 0 spiro atoms. The Kier molecular flexibility index (Phi) is 4.63. The van der Waals surface area contributed by atoms with Crippen molar-refractivity contribution >= 4 is 22.0 Å². The van der Waals surface area contributed by atoms with E-state index in [1.807, 2.05) is 18.3 Å². The van der Waals surface area contributed by atoms with Gasteiger partial charge in [-0.1, -0.05) is 66.7 Å². The molecule has 1 heterocycles. The summed E-state index contributed by atoms with van der Waals surface area (Å²) in [6.07, 6.45) is 1.86. The second kappa shape index (κ2) is 7.38. The smallest absolute Gasteiger partial charge is 0.0725 e. The maximum absolute atomic E-state index is 5.58.